The smallest absolute Gasteiger partial charge is 0.406 e. The van der Waals surface area contributed by atoms with Crippen molar-refractivity contribution in [3.05, 3.63) is 71.6 Å². The van der Waals surface area contributed by atoms with Crippen LogP contribution in [0.25, 0.3) is 33.4 Å². The molecule has 0 bridgehead atoms. The van der Waals surface area contributed by atoms with Gasteiger partial charge in [0.15, 0.2) is 6.04 Å². The molecular weight excluding hydrogens is 622 g/mol. The number of rotatable bonds is 9. The number of hydrogen-bond donors (Lipinski definition) is 3. The molecule has 11 heteroatoms. The lowest BCUT2D eigenvalue weighted by atomic mass is 9.90. The Balaban J connectivity index is 1.47. The van der Waals surface area contributed by atoms with Gasteiger partial charge in [0.05, 0.1) is 18.6 Å². The van der Waals surface area contributed by atoms with Gasteiger partial charge in [-0.05, 0) is 55.9 Å². The quantitative estimate of drug-likeness (QED) is 0.179. The molecule has 2 fully saturated rings. The van der Waals surface area contributed by atoms with Crippen molar-refractivity contribution in [2.24, 2.45) is 0 Å². The van der Waals surface area contributed by atoms with E-state index in [1.807, 2.05) is 24.3 Å². The predicted octanol–water partition coefficient (Wildman–Crippen LogP) is 4.32. The van der Waals surface area contributed by atoms with Crippen LogP contribution in [0.1, 0.15) is 61.7 Å². The molecule has 3 heterocycles. The summed E-state index contributed by atoms with van der Waals surface area (Å²) in [6.45, 7) is 2.68. The first-order chi connectivity index (χ1) is 23.9. The number of hydrogen-bond acceptors (Lipinski definition) is 7. The highest BCUT2D eigenvalue weighted by atomic mass is 16.5. The second kappa shape index (κ2) is 15.4. The highest BCUT2D eigenvalue weighted by molar-refractivity contribution is 6.07. The molecule has 6 rings (SSSR count). The molecule has 2 atom stereocenters. The number of carboxylic acids is 1. The zero-order valence-corrected chi connectivity index (χ0v) is 28.3. The number of amides is 3. The molecule has 3 amide bonds. The van der Waals surface area contributed by atoms with Gasteiger partial charge in [-0.3, -0.25) is 0 Å². The Labute approximate surface area is 286 Å². The summed E-state index contributed by atoms with van der Waals surface area (Å²) in [6.07, 6.45) is 7.49. The van der Waals surface area contributed by atoms with E-state index in [4.69, 9.17) is 9.15 Å². The summed E-state index contributed by atoms with van der Waals surface area (Å²) < 4.78 is 14.4. The zero-order valence-electron chi connectivity index (χ0n) is 28.3. The number of piperidine rings is 2. The van der Waals surface area contributed by atoms with Crippen LogP contribution in [0.15, 0.2) is 65.1 Å². The number of aromatic carboxylic acids is 1. The minimum atomic E-state index is -1.23. The standard InChI is InChI=1S/C38H45N5O6/c1-39-37(46)41-19-17-25-9-5-7-20-42(25)27-13-15-31-33(23-27)49-34-24-28(43-21-8-6-10-26(43)18-22-48-38(47)40-2)14-16-32(34)35(31)29-11-3-4-12-30(29)36(44)45/h3-4,11-16,23-26H,5-10,17-22H2,1-2H3,(H3-,39,40,41,44,45,46,47). The fourth-order valence-corrected chi connectivity index (χ4v) is 7.48. The molecule has 258 valence electrons. The maximum absolute atomic E-state index is 12.3. The number of ether oxygens (including phenoxy) is 1. The molecule has 3 aliphatic heterocycles. The van der Waals surface area contributed by atoms with E-state index in [0.717, 1.165) is 85.6 Å². The summed E-state index contributed by atoms with van der Waals surface area (Å²) in [6, 6.07) is 19.6. The van der Waals surface area contributed by atoms with Gasteiger partial charge in [0.25, 0.3) is 0 Å². The first-order valence-electron chi connectivity index (χ1n) is 17.4. The number of anilines is 1. The van der Waals surface area contributed by atoms with Gasteiger partial charge in [0, 0.05) is 92.4 Å². The third kappa shape index (κ3) is 7.50. The van der Waals surface area contributed by atoms with Crippen LogP contribution in [0.2, 0.25) is 0 Å². The van der Waals surface area contributed by atoms with Crippen molar-refractivity contribution >= 4 is 34.8 Å². The van der Waals surface area contributed by atoms with Gasteiger partial charge in [-0.1, -0.05) is 24.3 Å². The van der Waals surface area contributed by atoms with Crippen molar-refractivity contribution in [1.82, 2.24) is 20.5 Å². The number of nitrogens with zero attached hydrogens (tertiary/aromatic N) is 2. The van der Waals surface area contributed by atoms with Gasteiger partial charge in [-0.25, -0.2) is 14.2 Å². The number of benzene rings is 3. The maximum Gasteiger partial charge on any atom is 0.406 e. The van der Waals surface area contributed by atoms with Crippen LogP contribution in [0.3, 0.4) is 0 Å². The van der Waals surface area contributed by atoms with E-state index in [2.05, 4.69) is 49.7 Å². The monoisotopic (exact) mass is 667 g/mol. The van der Waals surface area contributed by atoms with E-state index in [-0.39, 0.29) is 23.7 Å². The number of nitrogens with one attached hydrogen (secondary N) is 3. The number of carboxylic acid groups (broad SMARTS) is 1. The van der Waals surface area contributed by atoms with Crippen molar-refractivity contribution in [2.75, 3.05) is 45.2 Å². The maximum atomic E-state index is 12.3. The van der Waals surface area contributed by atoms with Gasteiger partial charge in [0.2, 0.25) is 5.36 Å². The second-order valence-electron chi connectivity index (χ2n) is 12.8. The molecule has 0 aromatic heterocycles. The summed E-state index contributed by atoms with van der Waals surface area (Å²) >= 11 is 0. The predicted molar refractivity (Wildman–Crippen MR) is 187 cm³/mol. The van der Waals surface area contributed by atoms with Crippen LogP contribution in [0, 0.1) is 0 Å². The molecule has 11 nitrogen and oxygen atoms in total. The summed E-state index contributed by atoms with van der Waals surface area (Å²) in [5.41, 5.74) is 3.98. The largest absolute Gasteiger partial charge is 0.545 e. The van der Waals surface area contributed by atoms with Crippen LogP contribution < -0.4 is 35.9 Å². The van der Waals surface area contributed by atoms with Crippen LogP contribution in [-0.4, -0.2) is 70.5 Å². The van der Waals surface area contributed by atoms with E-state index < -0.39 is 12.1 Å². The summed E-state index contributed by atoms with van der Waals surface area (Å²) in [7, 11) is 3.17. The number of carbonyl (C=O) groups excluding carboxylic acids is 3. The van der Waals surface area contributed by atoms with E-state index in [0.29, 0.717) is 36.5 Å². The molecule has 2 aromatic carbocycles. The fourth-order valence-electron chi connectivity index (χ4n) is 7.48. The first-order valence-corrected chi connectivity index (χ1v) is 17.4. The minimum absolute atomic E-state index is 0.122. The molecule has 1 aliphatic carbocycles. The van der Waals surface area contributed by atoms with Crippen LogP contribution in [0.5, 0.6) is 0 Å². The zero-order chi connectivity index (χ0) is 34.3. The third-order valence-electron chi connectivity index (χ3n) is 9.90. The van der Waals surface area contributed by atoms with Gasteiger partial charge >= 0.3 is 12.1 Å². The third-order valence-corrected chi connectivity index (χ3v) is 9.90. The number of alkyl carbamates (subject to hydrolysis) is 1. The molecule has 49 heavy (non-hydrogen) atoms. The molecule has 3 N–H and O–H groups in total. The lowest BCUT2D eigenvalue weighted by Crippen LogP contribution is -2.43. The average Bonchev–Trinajstić information content (AvgIpc) is 3.13. The Morgan fingerprint density at radius 3 is 2.59 bits per heavy atom. The Kier molecular flexibility index (Phi) is 10.7. The van der Waals surface area contributed by atoms with Gasteiger partial charge in [0.1, 0.15) is 17.9 Å². The lowest BCUT2D eigenvalue weighted by molar-refractivity contribution is -0.254. The van der Waals surface area contributed by atoms with E-state index in [9.17, 15) is 19.5 Å². The Hall–Kier alpha value is -5.06. The molecule has 0 radical (unpaired) electrons. The van der Waals surface area contributed by atoms with Gasteiger partial charge in [-0.15, -0.1) is 0 Å². The van der Waals surface area contributed by atoms with Crippen LogP contribution in [0.4, 0.5) is 15.3 Å². The van der Waals surface area contributed by atoms with Crippen molar-refractivity contribution in [2.45, 2.75) is 63.5 Å². The topological polar surface area (TPSA) is 139 Å². The summed E-state index contributed by atoms with van der Waals surface area (Å²) in [5.74, 6) is -0.580. The number of urea groups is 1. The number of fused-ring (bicyclic) bond motifs is 2. The van der Waals surface area contributed by atoms with Crippen molar-refractivity contribution < 1.29 is 28.6 Å². The van der Waals surface area contributed by atoms with E-state index in [1.54, 1.807) is 26.2 Å². The van der Waals surface area contributed by atoms with E-state index >= 15 is 0 Å². The van der Waals surface area contributed by atoms with Gasteiger partial charge < -0.3 is 39.9 Å². The lowest BCUT2D eigenvalue weighted by Gasteiger charge is -2.38. The highest BCUT2D eigenvalue weighted by Crippen LogP contribution is 2.42. The van der Waals surface area contributed by atoms with Gasteiger partial charge in [-0.2, -0.15) is 0 Å². The van der Waals surface area contributed by atoms with E-state index in [1.165, 1.54) is 0 Å². The molecular formula is C38H45N5O6. The van der Waals surface area contributed by atoms with Crippen molar-refractivity contribution in [3.8, 4) is 22.5 Å². The van der Waals surface area contributed by atoms with Crippen molar-refractivity contribution in [1.29, 1.82) is 0 Å². The molecule has 2 unspecified atom stereocenters. The molecule has 0 spiro atoms. The van der Waals surface area contributed by atoms with Crippen LogP contribution in [-0.2, 0) is 4.74 Å². The average molecular weight is 668 g/mol. The molecule has 0 saturated carbocycles. The first kappa shape index (κ1) is 33.8. The summed E-state index contributed by atoms with van der Waals surface area (Å²) in [4.78, 5) is 38.2. The normalized spacial score (nSPS) is 19.0. The minimum Gasteiger partial charge on any atom is -0.545 e. The Morgan fingerprint density at radius 2 is 1.78 bits per heavy atom. The Bertz CT molecular complexity index is 1870. The van der Waals surface area contributed by atoms with Crippen molar-refractivity contribution in [3.63, 3.8) is 0 Å². The second-order valence-corrected chi connectivity index (χ2v) is 12.8. The van der Waals surface area contributed by atoms with Crippen LogP contribution >= 0.6 is 0 Å². The molecule has 2 saturated heterocycles. The SMILES string of the molecule is CNC(=O)NCCC1CCCCN1c1ccc2c(-c3ccccc3C(=O)[O-])c3ccc(=[N+]4CCCCC4CCOC(=O)NC)cc-3oc2c1. The molecule has 4 aliphatic rings. The molecule has 2 aromatic rings. The highest BCUT2D eigenvalue weighted by Gasteiger charge is 2.28. The fraction of sp³-hybridized carbons (Fsp3) is 0.421. The summed E-state index contributed by atoms with van der Waals surface area (Å²) in [5, 5.41) is 22.2. The number of carbonyl (C=O) groups is 3. The Morgan fingerprint density at radius 1 is 0.939 bits per heavy atom.